The van der Waals surface area contributed by atoms with Crippen molar-refractivity contribution in [1.82, 2.24) is 19.8 Å². The van der Waals surface area contributed by atoms with Crippen LogP contribution < -0.4 is 0 Å². The van der Waals surface area contributed by atoms with Crippen LogP contribution in [-0.4, -0.2) is 58.4 Å². The van der Waals surface area contributed by atoms with Gasteiger partial charge in [0.2, 0.25) is 5.91 Å². The number of hydrogen-bond acceptors (Lipinski definition) is 4. The Morgan fingerprint density at radius 3 is 2.70 bits per heavy atom. The predicted molar refractivity (Wildman–Crippen MR) is 109 cm³/mol. The number of halogens is 3. The van der Waals surface area contributed by atoms with Crippen molar-refractivity contribution in [2.45, 2.75) is 38.8 Å². The van der Waals surface area contributed by atoms with Crippen LogP contribution >= 0.6 is 0 Å². The highest BCUT2D eigenvalue weighted by molar-refractivity contribution is 5.78. The van der Waals surface area contributed by atoms with Gasteiger partial charge in [-0.05, 0) is 45.4 Å². The van der Waals surface area contributed by atoms with Crippen LogP contribution in [0.15, 0.2) is 36.7 Å². The molecule has 0 bridgehead atoms. The van der Waals surface area contributed by atoms with Crippen molar-refractivity contribution in [3.8, 4) is 11.3 Å². The van der Waals surface area contributed by atoms with Crippen molar-refractivity contribution in [3.05, 3.63) is 47.9 Å². The normalized spacial score (nSPS) is 17.7. The number of amides is 1. The first-order valence-electron chi connectivity index (χ1n) is 10.3. The third-order valence-corrected chi connectivity index (χ3v) is 5.54. The van der Waals surface area contributed by atoms with Crippen molar-refractivity contribution in [2.24, 2.45) is 0 Å². The van der Waals surface area contributed by atoms with E-state index in [1.54, 1.807) is 12.3 Å². The van der Waals surface area contributed by atoms with E-state index in [1.165, 1.54) is 12.3 Å². The van der Waals surface area contributed by atoms with Gasteiger partial charge in [0, 0.05) is 37.3 Å². The molecule has 0 radical (unpaired) electrons. The van der Waals surface area contributed by atoms with Crippen molar-refractivity contribution < 1.29 is 18.0 Å². The molecule has 0 spiro atoms. The molecule has 1 aromatic heterocycles. The Bertz CT molecular complexity index is 867. The quantitative estimate of drug-likeness (QED) is 0.703. The van der Waals surface area contributed by atoms with Crippen LogP contribution in [0.25, 0.3) is 11.3 Å². The number of nitrogens with zero attached hydrogens (tertiary/aromatic N) is 4. The van der Waals surface area contributed by atoms with E-state index in [9.17, 15) is 18.0 Å². The highest BCUT2D eigenvalue weighted by Gasteiger charge is 2.31. The second-order valence-corrected chi connectivity index (χ2v) is 7.55. The molecule has 0 N–H and O–H groups in total. The molecule has 2 heterocycles. The number of hydrogen-bond donors (Lipinski definition) is 0. The van der Waals surface area contributed by atoms with E-state index >= 15 is 0 Å². The van der Waals surface area contributed by atoms with Crippen LogP contribution in [0, 0.1) is 0 Å². The molecule has 5 nitrogen and oxygen atoms in total. The van der Waals surface area contributed by atoms with Crippen LogP contribution in [0.4, 0.5) is 13.2 Å². The monoisotopic (exact) mass is 420 g/mol. The summed E-state index contributed by atoms with van der Waals surface area (Å²) in [6, 6.07) is 5.14. The average molecular weight is 420 g/mol. The number of likely N-dealkylation sites (N-methyl/N-ethyl adjacent to an activating group) is 1. The van der Waals surface area contributed by atoms with Crippen LogP contribution in [-0.2, 0) is 11.0 Å². The molecule has 0 unspecified atom stereocenters. The summed E-state index contributed by atoms with van der Waals surface area (Å²) in [5, 5.41) is 0. The zero-order valence-corrected chi connectivity index (χ0v) is 17.3. The minimum Gasteiger partial charge on any atom is -0.342 e. The lowest BCUT2D eigenvalue weighted by Crippen LogP contribution is -2.43. The summed E-state index contributed by atoms with van der Waals surface area (Å²) in [7, 11) is 0. The van der Waals surface area contributed by atoms with E-state index < -0.39 is 11.7 Å². The number of carbonyl (C=O) groups excluding carboxylic acids is 1. The zero-order valence-electron chi connectivity index (χ0n) is 17.3. The van der Waals surface area contributed by atoms with E-state index in [-0.39, 0.29) is 11.8 Å². The fourth-order valence-electron chi connectivity index (χ4n) is 3.88. The SMILES string of the molecule is CCN(CC)C(=O)CN1CCC[C@H](c2cncc(-c3cccc(C(F)(F)F)c3)n2)C1. The average Bonchev–Trinajstić information content (AvgIpc) is 2.74. The standard InChI is InChI=1S/C22H27F3N4O/c1-3-29(4-2)21(30)15-28-10-6-8-17(14-28)20-13-26-12-19(27-20)16-7-5-9-18(11-16)22(23,24)25/h5,7,9,11-13,17H,3-4,6,8,10,14-15H2,1-2H3/t17-/m0/s1. The van der Waals surface area contributed by atoms with Gasteiger partial charge in [-0.25, -0.2) is 4.98 Å². The molecular weight excluding hydrogens is 393 g/mol. The van der Waals surface area contributed by atoms with Crippen molar-refractivity contribution in [1.29, 1.82) is 0 Å². The molecule has 162 valence electrons. The molecule has 1 saturated heterocycles. The molecule has 1 atom stereocenters. The number of benzene rings is 1. The lowest BCUT2D eigenvalue weighted by Gasteiger charge is -2.33. The summed E-state index contributed by atoms with van der Waals surface area (Å²) in [6.07, 6.45) is 0.617. The van der Waals surface area contributed by atoms with Gasteiger partial charge < -0.3 is 4.90 Å². The van der Waals surface area contributed by atoms with Gasteiger partial charge in [0.1, 0.15) is 0 Å². The fraction of sp³-hybridized carbons (Fsp3) is 0.500. The minimum absolute atomic E-state index is 0.0986. The van der Waals surface area contributed by atoms with Crippen LogP contribution in [0.3, 0.4) is 0 Å². The highest BCUT2D eigenvalue weighted by atomic mass is 19.4. The highest BCUT2D eigenvalue weighted by Crippen LogP contribution is 2.32. The molecule has 8 heteroatoms. The summed E-state index contributed by atoms with van der Waals surface area (Å²) in [5.74, 6) is 0.214. The molecule has 0 aliphatic carbocycles. The van der Waals surface area contributed by atoms with Crippen molar-refractivity contribution >= 4 is 5.91 Å². The predicted octanol–water partition coefficient (Wildman–Crippen LogP) is 4.21. The zero-order chi connectivity index (χ0) is 21.7. The Hall–Kier alpha value is -2.48. The van der Waals surface area contributed by atoms with Gasteiger partial charge in [0.05, 0.1) is 29.7 Å². The molecule has 1 aliphatic heterocycles. The number of likely N-dealkylation sites (tertiary alicyclic amines) is 1. The maximum atomic E-state index is 13.0. The molecule has 30 heavy (non-hydrogen) atoms. The van der Waals surface area contributed by atoms with Gasteiger partial charge in [0.15, 0.2) is 0 Å². The number of rotatable bonds is 6. The first-order valence-corrected chi connectivity index (χ1v) is 10.3. The molecular formula is C22H27F3N4O. The Labute approximate surface area is 174 Å². The second kappa shape index (κ2) is 9.55. The van der Waals surface area contributed by atoms with Crippen molar-refractivity contribution in [3.63, 3.8) is 0 Å². The summed E-state index contributed by atoms with van der Waals surface area (Å²) in [5.41, 5.74) is 0.870. The Morgan fingerprint density at radius 1 is 1.23 bits per heavy atom. The largest absolute Gasteiger partial charge is 0.416 e. The number of alkyl halides is 3. The van der Waals surface area contributed by atoms with Crippen LogP contribution in [0.2, 0.25) is 0 Å². The maximum absolute atomic E-state index is 13.0. The number of piperidine rings is 1. The lowest BCUT2D eigenvalue weighted by molar-refractivity contribution is -0.137. The summed E-state index contributed by atoms with van der Waals surface area (Å²) in [6.45, 7) is 7.23. The van der Waals surface area contributed by atoms with E-state index in [2.05, 4.69) is 14.9 Å². The molecule has 2 aromatic rings. The van der Waals surface area contributed by atoms with Gasteiger partial charge in [-0.3, -0.25) is 14.7 Å². The Morgan fingerprint density at radius 2 is 2.00 bits per heavy atom. The second-order valence-electron chi connectivity index (χ2n) is 7.55. The molecule has 3 rings (SSSR count). The summed E-state index contributed by atoms with van der Waals surface area (Å²) in [4.78, 5) is 25.2. The molecule has 0 saturated carbocycles. The third kappa shape index (κ3) is 5.36. The van der Waals surface area contributed by atoms with Crippen LogP contribution in [0.5, 0.6) is 0 Å². The number of aromatic nitrogens is 2. The lowest BCUT2D eigenvalue weighted by atomic mass is 9.94. The number of carbonyl (C=O) groups is 1. The van der Waals surface area contributed by atoms with Gasteiger partial charge >= 0.3 is 6.18 Å². The molecule has 1 amide bonds. The fourth-order valence-corrected chi connectivity index (χ4v) is 3.88. The van der Waals surface area contributed by atoms with Gasteiger partial charge in [-0.2, -0.15) is 13.2 Å². The van der Waals surface area contributed by atoms with E-state index in [1.807, 2.05) is 18.7 Å². The van der Waals surface area contributed by atoms with Crippen LogP contribution in [0.1, 0.15) is 43.9 Å². The topological polar surface area (TPSA) is 49.3 Å². The van der Waals surface area contributed by atoms with Gasteiger partial charge in [-0.15, -0.1) is 0 Å². The summed E-state index contributed by atoms with van der Waals surface area (Å²) >= 11 is 0. The Kier molecular flexibility index (Phi) is 7.07. The van der Waals surface area contributed by atoms with E-state index in [4.69, 9.17) is 0 Å². The maximum Gasteiger partial charge on any atom is 0.416 e. The first-order chi connectivity index (χ1) is 14.3. The molecule has 1 aromatic carbocycles. The Balaban J connectivity index is 1.75. The molecule has 1 aliphatic rings. The molecule has 1 fully saturated rings. The third-order valence-electron chi connectivity index (χ3n) is 5.54. The van der Waals surface area contributed by atoms with Crippen molar-refractivity contribution in [2.75, 3.05) is 32.7 Å². The first kappa shape index (κ1) is 22.2. The minimum atomic E-state index is -4.40. The summed E-state index contributed by atoms with van der Waals surface area (Å²) < 4.78 is 39.1. The van der Waals surface area contributed by atoms with Gasteiger partial charge in [0.25, 0.3) is 0 Å². The van der Waals surface area contributed by atoms with E-state index in [0.29, 0.717) is 37.4 Å². The smallest absolute Gasteiger partial charge is 0.342 e. The van der Waals surface area contributed by atoms with E-state index in [0.717, 1.165) is 37.2 Å². The van der Waals surface area contributed by atoms with Gasteiger partial charge in [-0.1, -0.05) is 12.1 Å².